The van der Waals surface area contributed by atoms with Crippen LogP contribution in [0.3, 0.4) is 0 Å². The van der Waals surface area contributed by atoms with Crippen LogP contribution in [0.4, 0.5) is 5.00 Å². The molecule has 5 rings (SSSR count). The summed E-state index contributed by atoms with van der Waals surface area (Å²) in [6, 6.07) is 11.0. The van der Waals surface area contributed by atoms with E-state index in [1.165, 1.54) is 16.2 Å². The van der Waals surface area contributed by atoms with Crippen LogP contribution in [0.1, 0.15) is 87.0 Å². The number of anilines is 1. The summed E-state index contributed by atoms with van der Waals surface area (Å²) in [5.74, 6) is -1.04. The van der Waals surface area contributed by atoms with Crippen molar-refractivity contribution in [3.05, 3.63) is 63.5 Å². The van der Waals surface area contributed by atoms with E-state index in [-0.39, 0.29) is 23.7 Å². The molecular weight excluding hydrogens is 488 g/mol. The van der Waals surface area contributed by atoms with Gasteiger partial charge in [0.25, 0.3) is 11.8 Å². The lowest BCUT2D eigenvalue weighted by Crippen LogP contribution is -2.40. The molecule has 0 bridgehead atoms. The lowest BCUT2D eigenvalue weighted by atomic mass is 9.94. The van der Waals surface area contributed by atoms with Crippen LogP contribution in [0.15, 0.2) is 36.4 Å². The van der Waals surface area contributed by atoms with Crippen LogP contribution in [0.2, 0.25) is 0 Å². The van der Waals surface area contributed by atoms with Crippen molar-refractivity contribution in [2.45, 2.75) is 58.3 Å². The van der Waals surface area contributed by atoms with Crippen molar-refractivity contribution in [3.8, 4) is 0 Å². The largest absolute Gasteiger partial charge is 0.462 e. The van der Waals surface area contributed by atoms with Gasteiger partial charge in [-0.1, -0.05) is 30.7 Å². The van der Waals surface area contributed by atoms with Crippen LogP contribution in [0, 0.1) is 0 Å². The fourth-order valence-electron chi connectivity index (χ4n) is 5.28. The average Bonchev–Trinajstić information content (AvgIpc) is 3.26. The van der Waals surface area contributed by atoms with Gasteiger partial charge in [-0.05, 0) is 68.5 Å². The summed E-state index contributed by atoms with van der Waals surface area (Å²) in [6.45, 7) is 2.38. The number of imide groups is 1. The summed E-state index contributed by atoms with van der Waals surface area (Å²) >= 11 is 1.49. The molecule has 0 saturated carbocycles. The maximum Gasteiger partial charge on any atom is 0.341 e. The van der Waals surface area contributed by atoms with Crippen LogP contribution < -0.4 is 5.32 Å². The van der Waals surface area contributed by atoms with Crippen LogP contribution in [0.25, 0.3) is 10.8 Å². The number of carbonyl (C=O) groups excluding carboxylic acids is 4. The highest BCUT2D eigenvalue weighted by Gasteiger charge is 2.32. The van der Waals surface area contributed by atoms with Gasteiger partial charge in [0.1, 0.15) is 5.00 Å². The summed E-state index contributed by atoms with van der Waals surface area (Å²) in [6.07, 6.45) is 6.12. The number of hydrogen-bond donors (Lipinski definition) is 1. The average molecular weight is 519 g/mol. The predicted octanol–water partition coefficient (Wildman–Crippen LogP) is 5.75. The number of fused-ring (bicyclic) bond motifs is 1. The number of unbranched alkanes of at least 4 members (excludes halogenated alkanes) is 2. The Morgan fingerprint density at radius 2 is 1.68 bits per heavy atom. The van der Waals surface area contributed by atoms with E-state index >= 15 is 0 Å². The molecule has 0 saturated heterocycles. The van der Waals surface area contributed by atoms with Gasteiger partial charge in [-0.15, -0.1) is 11.3 Å². The number of esters is 1. The van der Waals surface area contributed by atoms with E-state index in [1.807, 2.05) is 24.3 Å². The van der Waals surface area contributed by atoms with Gasteiger partial charge in [-0.2, -0.15) is 0 Å². The Balaban J connectivity index is 1.15. The molecule has 1 N–H and O–H groups in total. The summed E-state index contributed by atoms with van der Waals surface area (Å²) in [5, 5.41) is 5.15. The number of nitrogens with one attached hydrogen (secondary N) is 1. The monoisotopic (exact) mass is 518 g/mol. The van der Waals surface area contributed by atoms with E-state index in [0.29, 0.717) is 60.5 Å². The van der Waals surface area contributed by atoms with Crippen LogP contribution in [-0.4, -0.2) is 41.7 Å². The second-order valence-corrected chi connectivity index (χ2v) is 10.6. The van der Waals surface area contributed by atoms with Crippen molar-refractivity contribution in [3.63, 3.8) is 0 Å². The maximum absolute atomic E-state index is 13.0. The van der Waals surface area contributed by atoms with Crippen molar-refractivity contribution in [2.75, 3.05) is 18.5 Å². The first-order valence-electron chi connectivity index (χ1n) is 13.0. The second-order valence-electron chi connectivity index (χ2n) is 9.47. The lowest BCUT2D eigenvalue weighted by molar-refractivity contribution is -0.116. The minimum atomic E-state index is -0.370. The van der Waals surface area contributed by atoms with Crippen molar-refractivity contribution in [2.24, 2.45) is 0 Å². The highest BCUT2D eigenvalue weighted by Crippen LogP contribution is 2.38. The zero-order chi connectivity index (χ0) is 25.9. The zero-order valence-corrected chi connectivity index (χ0v) is 21.7. The number of ether oxygens (including phenoxy) is 1. The Bertz CT molecular complexity index is 1340. The Morgan fingerprint density at radius 1 is 0.973 bits per heavy atom. The van der Waals surface area contributed by atoms with E-state index < -0.39 is 0 Å². The molecule has 0 atom stereocenters. The summed E-state index contributed by atoms with van der Waals surface area (Å²) in [4.78, 5) is 53.8. The number of hydrogen-bond acceptors (Lipinski definition) is 6. The fraction of sp³-hybridized carbons (Fsp3) is 0.379. The molecule has 1 aromatic heterocycles. The summed E-state index contributed by atoms with van der Waals surface area (Å²) < 4.78 is 5.26. The Kier molecular flexibility index (Phi) is 7.37. The Labute approximate surface area is 219 Å². The van der Waals surface area contributed by atoms with Crippen molar-refractivity contribution >= 4 is 50.8 Å². The van der Waals surface area contributed by atoms with Crippen LogP contribution in [-0.2, 0) is 22.4 Å². The molecule has 8 heteroatoms. The number of benzene rings is 2. The molecule has 2 aliphatic rings. The number of aryl methyl sites for hydroxylation is 1. The highest BCUT2D eigenvalue weighted by atomic mass is 32.1. The first kappa shape index (κ1) is 25.1. The lowest BCUT2D eigenvalue weighted by Gasteiger charge is -2.27. The SMILES string of the molecule is CCOC(=O)c1c(NC(=O)CCCCCN2C(=O)c3cccc4cccc(c34)C2=O)sc2c1CCCC2. The molecule has 7 nitrogen and oxygen atoms in total. The van der Waals surface area contributed by atoms with Crippen molar-refractivity contribution < 1.29 is 23.9 Å². The quantitative estimate of drug-likeness (QED) is 0.221. The Morgan fingerprint density at radius 3 is 2.38 bits per heavy atom. The van der Waals surface area contributed by atoms with Crippen LogP contribution >= 0.6 is 11.3 Å². The molecular formula is C29H30N2O5S. The number of nitrogens with zero attached hydrogens (tertiary/aromatic N) is 1. The molecule has 0 unspecified atom stereocenters. The molecule has 1 aliphatic carbocycles. The van der Waals surface area contributed by atoms with Crippen molar-refractivity contribution in [1.82, 2.24) is 4.90 Å². The summed E-state index contributed by atoms with van der Waals surface area (Å²) in [7, 11) is 0. The molecule has 3 aromatic rings. The zero-order valence-electron chi connectivity index (χ0n) is 20.9. The minimum Gasteiger partial charge on any atom is -0.462 e. The van der Waals surface area contributed by atoms with Gasteiger partial charge in [0.15, 0.2) is 0 Å². The van der Waals surface area contributed by atoms with Gasteiger partial charge in [-0.3, -0.25) is 19.3 Å². The number of rotatable bonds is 9. The first-order valence-corrected chi connectivity index (χ1v) is 13.8. The molecule has 37 heavy (non-hydrogen) atoms. The standard InChI is InChI=1S/C29H30N2O5S/c1-2-36-29(35)25-19-12-5-6-15-22(19)37-26(25)30-23(32)16-4-3-7-17-31-27(33)20-13-8-10-18-11-9-14-21(24(18)20)28(31)34/h8-11,13-14H,2-7,12,15-17H2,1H3,(H,30,32). The minimum absolute atomic E-state index is 0.144. The van der Waals surface area contributed by atoms with Gasteiger partial charge < -0.3 is 10.1 Å². The second kappa shape index (κ2) is 10.8. The van der Waals surface area contributed by atoms with Gasteiger partial charge in [-0.25, -0.2) is 4.79 Å². The number of thiophene rings is 1. The third-order valence-electron chi connectivity index (χ3n) is 7.05. The molecule has 0 radical (unpaired) electrons. The molecule has 0 spiro atoms. The molecule has 1 aliphatic heterocycles. The fourth-order valence-corrected chi connectivity index (χ4v) is 6.57. The van der Waals surface area contributed by atoms with E-state index in [4.69, 9.17) is 4.74 Å². The molecule has 0 fully saturated rings. The molecule has 192 valence electrons. The number of amides is 3. The first-order chi connectivity index (χ1) is 18.0. The molecule has 3 amide bonds. The third-order valence-corrected chi connectivity index (χ3v) is 8.25. The van der Waals surface area contributed by atoms with Gasteiger partial charge >= 0.3 is 5.97 Å². The van der Waals surface area contributed by atoms with E-state index in [2.05, 4.69) is 5.32 Å². The maximum atomic E-state index is 13.0. The molecule has 2 aromatic carbocycles. The third kappa shape index (κ3) is 4.90. The van der Waals surface area contributed by atoms with Gasteiger partial charge in [0, 0.05) is 34.4 Å². The number of carbonyl (C=O) groups is 4. The van der Waals surface area contributed by atoms with E-state index in [0.717, 1.165) is 46.9 Å². The smallest absolute Gasteiger partial charge is 0.341 e. The van der Waals surface area contributed by atoms with E-state index in [1.54, 1.807) is 19.1 Å². The van der Waals surface area contributed by atoms with Crippen LogP contribution in [0.5, 0.6) is 0 Å². The van der Waals surface area contributed by atoms with Crippen molar-refractivity contribution in [1.29, 1.82) is 0 Å². The Hall–Kier alpha value is -3.52. The normalized spacial score (nSPS) is 14.6. The van der Waals surface area contributed by atoms with Gasteiger partial charge in [0.05, 0.1) is 12.2 Å². The van der Waals surface area contributed by atoms with E-state index in [9.17, 15) is 19.2 Å². The highest BCUT2D eigenvalue weighted by molar-refractivity contribution is 7.17. The van der Waals surface area contributed by atoms with Gasteiger partial charge in [0.2, 0.25) is 5.91 Å². The predicted molar refractivity (Wildman–Crippen MR) is 143 cm³/mol. The summed E-state index contributed by atoms with van der Waals surface area (Å²) in [5.41, 5.74) is 2.66. The topological polar surface area (TPSA) is 92.8 Å². The molecule has 2 heterocycles.